The van der Waals surface area contributed by atoms with Gasteiger partial charge in [0.05, 0.1) is 6.54 Å². The van der Waals surface area contributed by atoms with Crippen LogP contribution in [-0.2, 0) is 11.3 Å². The quantitative estimate of drug-likeness (QED) is 0.654. The Kier molecular flexibility index (Phi) is 5.88. The van der Waals surface area contributed by atoms with Gasteiger partial charge in [0, 0.05) is 31.0 Å². The standard InChI is InChI=1S/C23H24N4O3/c1-16(17-8-4-2-5-9-17)14-27-15-19(12-21(27)28)22-25-20(30-26-22)13-24-23(29)18-10-6-3-7-11-18/h2-11,16,19H,12-15H2,1H3,(H,24,29). The summed E-state index contributed by atoms with van der Waals surface area (Å²) in [6.07, 6.45) is 0.372. The Morgan fingerprint density at radius 2 is 1.87 bits per heavy atom. The molecule has 7 nitrogen and oxygen atoms in total. The molecule has 1 fully saturated rings. The van der Waals surface area contributed by atoms with Crippen molar-refractivity contribution in [3.05, 3.63) is 83.5 Å². The van der Waals surface area contributed by atoms with E-state index in [1.807, 2.05) is 29.2 Å². The van der Waals surface area contributed by atoms with Gasteiger partial charge >= 0.3 is 0 Å². The molecule has 1 aromatic heterocycles. The van der Waals surface area contributed by atoms with Crippen LogP contribution in [0, 0.1) is 0 Å². The third-order valence-electron chi connectivity index (χ3n) is 5.36. The molecule has 0 saturated carbocycles. The second-order valence-electron chi connectivity index (χ2n) is 7.61. The smallest absolute Gasteiger partial charge is 0.251 e. The fraction of sp³-hybridized carbons (Fsp3) is 0.304. The average Bonchev–Trinajstić information content (AvgIpc) is 3.40. The van der Waals surface area contributed by atoms with E-state index >= 15 is 0 Å². The molecule has 0 bridgehead atoms. The first-order valence-corrected chi connectivity index (χ1v) is 10.1. The van der Waals surface area contributed by atoms with E-state index in [2.05, 4.69) is 34.5 Å². The zero-order valence-corrected chi connectivity index (χ0v) is 16.8. The largest absolute Gasteiger partial charge is 0.343 e. The number of amides is 2. The van der Waals surface area contributed by atoms with Gasteiger partial charge in [-0.15, -0.1) is 0 Å². The lowest BCUT2D eigenvalue weighted by molar-refractivity contribution is -0.127. The van der Waals surface area contributed by atoms with E-state index in [0.717, 1.165) is 0 Å². The molecule has 1 saturated heterocycles. The van der Waals surface area contributed by atoms with Crippen LogP contribution in [0.3, 0.4) is 0 Å². The number of aromatic nitrogens is 2. The Morgan fingerprint density at radius 3 is 2.60 bits per heavy atom. The Bertz CT molecular complexity index is 1000. The SMILES string of the molecule is CC(CN1CC(c2noc(CNC(=O)c3ccccc3)n2)CC1=O)c1ccccc1. The van der Waals surface area contributed by atoms with Crippen molar-refractivity contribution in [3.63, 3.8) is 0 Å². The van der Waals surface area contributed by atoms with Gasteiger partial charge in [-0.3, -0.25) is 9.59 Å². The van der Waals surface area contributed by atoms with E-state index in [0.29, 0.717) is 36.8 Å². The number of nitrogens with one attached hydrogen (secondary N) is 1. The monoisotopic (exact) mass is 404 g/mol. The molecule has 0 radical (unpaired) electrons. The van der Waals surface area contributed by atoms with Gasteiger partial charge in [-0.2, -0.15) is 4.98 Å². The van der Waals surface area contributed by atoms with Gasteiger partial charge in [-0.1, -0.05) is 60.6 Å². The third kappa shape index (κ3) is 4.56. The number of benzene rings is 2. The van der Waals surface area contributed by atoms with Crippen LogP contribution >= 0.6 is 0 Å². The molecule has 154 valence electrons. The highest BCUT2D eigenvalue weighted by Gasteiger charge is 2.34. The van der Waals surface area contributed by atoms with Crippen molar-refractivity contribution in [2.45, 2.75) is 31.7 Å². The first-order valence-electron chi connectivity index (χ1n) is 10.1. The van der Waals surface area contributed by atoms with E-state index < -0.39 is 0 Å². The average molecular weight is 404 g/mol. The Hall–Kier alpha value is -3.48. The second-order valence-corrected chi connectivity index (χ2v) is 7.61. The van der Waals surface area contributed by atoms with Crippen molar-refractivity contribution >= 4 is 11.8 Å². The lowest BCUT2D eigenvalue weighted by Crippen LogP contribution is -2.29. The summed E-state index contributed by atoms with van der Waals surface area (Å²) in [6, 6.07) is 19.1. The number of hydrogen-bond acceptors (Lipinski definition) is 5. The Balaban J connectivity index is 1.32. The number of hydrogen-bond donors (Lipinski definition) is 1. The zero-order chi connectivity index (χ0) is 20.9. The van der Waals surface area contributed by atoms with Crippen LogP contribution in [-0.4, -0.2) is 39.9 Å². The van der Waals surface area contributed by atoms with E-state index in [-0.39, 0.29) is 30.2 Å². The third-order valence-corrected chi connectivity index (χ3v) is 5.36. The normalized spacial score (nSPS) is 17.2. The fourth-order valence-electron chi connectivity index (χ4n) is 3.69. The summed E-state index contributed by atoms with van der Waals surface area (Å²) < 4.78 is 5.28. The molecule has 2 amide bonds. The Labute approximate surface area is 175 Å². The molecule has 7 heteroatoms. The minimum Gasteiger partial charge on any atom is -0.343 e. The zero-order valence-electron chi connectivity index (χ0n) is 16.8. The highest BCUT2D eigenvalue weighted by molar-refractivity contribution is 5.93. The first kappa shape index (κ1) is 19.8. The summed E-state index contributed by atoms with van der Waals surface area (Å²) >= 11 is 0. The highest BCUT2D eigenvalue weighted by Crippen LogP contribution is 2.28. The van der Waals surface area contributed by atoms with Crippen molar-refractivity contribution in [2.75, 3.05) is 13.1 Å². The van der Waals surface area contributed by atoms with Gasteiger partial charge in [0.15, 0.2) is 5.82 Å². The van der Waals surface area contributed by atoms with Gasteiger partial charge in [0.25, 0.3) is 5.91 Å². The molecular weight excluding hydrogens is 380 g/mol. The predicted molar refractivity (Wildman–Crippen MR) is 111 cm³/mol. The molecule has 2 heterocycles. The summed E-state index contributed by atoms with van der Waals surface area (Å²) in [5.74, 6) is 0.907. The summed E-state index contributed by atoms with van der Waals surface area (Å²) in [5.41, 5.74) is 1.78. The molecule has 0 spiro atoms. The maximum absolute atomic E-state index is 12.5. The van der Waals surface area contributed by atoms with Crippen LogP contribution in [0.15, 0.2) is 65.2 Å². The van der Waals surface area contributed by atoms with Gasteiger partial charge in [0.2, 0.25) is 11.8 Å². The van der Waals surface area contributed by atoms with Crippen LogP contribution < -0.4 is 5.32 Å². The van der Waals surface area contributed by atoms with Crippen LogP contribution in [0.5, 0.6) is 0 Å². The van der Waals surface area contributed by atoms with Crippen LogP contribution in [0.4, 0.5) is 0 Å². The fourth-order valence-corrected chi connectivity index (χ4v) is 3.69. The van der Waals surface area contributed by atoms with Crippen molar-refractivity contribution in [1.29, 1.82) is 0 Å². The lowest BCUT2D eigenvalue weighted by atomic mass is 10.0. The minimum atomic E-state index is -0.201. The number of carbonyl (C=O) groups excluding carboxylic acids is 2. The number of rotatable bonds is 7. The first-order chi connectivity index (χ1) is 14.6. The van der Waals surface area contributed by atoms with Gasteiger partial charge in [-0.25, -0.2) is 0 Å². The van der Waals surface area contributed by atoms with Gasteiger partial charge in [0.1, 0.15) is 0 Å². The molecule has 0 aliphatic carbocycles. The molecule has 2 aromatic carbocycles. The minimum absolute atomic E-state index is 0.0946. The van der Waals surface area contributed by atoms with Crippen molar-refractivity contribution in [3.8, 4) is 0 Å². The molecule has 30 heavy (non-hydrogen) atoms. The van der Waals surface area contributed by atoms with Crippen molar-refractivity contribution < 1.29 is 14.1 Å². The summed E-state index contributed by atoms with van der Waals surface area (Å²) in [5, 5.41) is 6.81. The van der Waals surface area contributed by atoms with E-state index in [4.69, 9.17) is 4.52 Å². The second kappa shape index (κ2) is 8.90. The van der Waals surface area contributed by atoms with E-state index in [1.165, 1.54) is 5.56 Å². The lowest BCUT2D eigenvalue weighted by Gasteiger charge is -2.21. The molecule has 2 unspecified atom stereocenters. The van der Waals surface area contributed by atoms with Gasteiger partial charge in [-0.05, 0) is 23.6 Å². The van der Waals surface area contributed by atoms with Gasteiger partial charge < -0.3 is 14.7 Å². The number of likely N-dealkylation sites (tertiary alicyclic amines) is 1. The molecule has 4 rings (SSSR count). The summed E-state index contributed by atoms with van der Waals surface area (Å²) in [6.45, 7) is 3.51. The van der Waals surface area contributed by atoms with Crippen molar-refractivity contribution in [2.24, 2.45) is 0 Å². The maximum Gasteiger partial charge on any atom is 0.251 e. The maximum atomic E-state index is 12.5. The molecular formula is C23H24N4O3. The van der Waals surface area contributed by atoms with E-state index in [9.17, 15) is 9.59 Å². The van der Waals surface area contributed by atoms with Crippen LogP contribution in [0.25, 0.3) is 0 Å². The number of nitrogens with zero attached hydrogens (tertiary/aromatic N) is 3. The predicted octanol–water partition coefficient (Wildman–Crippen LogP) is 3.12. The molecule has 1 N–H and O–H groups in total. The van der Waals surface area contributed by atoms with E-state index in [1.54, 1.807) is 24.3 Å². The molecule has 2 atom stereocenters. The van der Waals surface area contributed by atoms with Crippen LogP contribution in [0.1, 0.15) is 52.8 Å². The van der Waals surface area contributed by atoms with Crippen LogP contribution in [0.2, 0.25) is 0 Å². The molecule has 3 aromatic rings. The molecule has 1 aliphatic heterocycles. The topological polar surface area (TPSA) is 88.3 Å². The van der Waals surface area contributed by atoms with Crippen molar-refractivity contribution in [1.82, 2.24) is 20.4 Å². The number of carbonyl (C=O) groups is 2. The highest BCUT2D eigenvalue weighted by atomic mass is 16.5. The summed E-state index contributed by atoms with van der Waals surface area (Å²) in [7, 11) is 0. The Morgan fingerprint density at radius 1 is 1.17 bits per heavy atom. The summed E-state index contributed by atoms with van der Waals surface area (Å²) in [4.78, 5) is 30.9. The molecule has 1 aliphatic rings.